The molecule has 4 heterocycles. The molecule has 6 heteroatoms. The maximum absolute atomic E-state index is 2.48. The summed E-state index contributed by atoms with van der Waals surface area (Å²) in [6, 6.07) is 132. The van der Waals surface area contributed by atoms with Crippen LogP contribution in [0, 0.1) is 0 Å². The monoisotopic (exact) mass is 1440 g/mol. The number of aromatic nitrogens is 4. The lowest BCUT2D eigenvalue weighted by Gasteiger charge is -2.17. The average molecular weight is 1440 g/mol. The van der Waals surface area contributed by atoms with Gasteiger partial charge in [0.25, 0.3) is 0 Å². The van der Waals surface area contributed by atoms with Gasteiger partial charge in [0.1, 0.15) is 0 Å². The Balaban J connectivity index is 0.000000136. The van der Waals surface area contributed by atoms with Gasteiger partial charge in [-0.3, -0.25) is 0 Å². The summed E-state index contributed by atoms with van der Waals surface area (Å²) in [4.78, 5) is 0. The number of nitrogens with zero attached hydrogens (tertiary/aromatic N) is 4. The van der Waals surface area contributed by atoms with Crippen LogP contribution in [0.15, 0.2) is 352 Å². The Morgan fingerprint density at radius 3 is 0.891 bits per heavy atom. The van der Waals surface area contributed by atoms with Crippen LogP contribution in [0.4, 0.5) is 0 Å². The Labute approximate surface area is 640 Å². The van der Waals surface area contributed by atoms with Crippen LogP contribution in [0.2, 0.25) is 39.3 Å². The van der Waals surface area contributed by atoms with Crippen molar-refractivity contribution in [2.75, 3.05) is 0 Å². The first-order chi connectivity index (χ1) is 53.8. The highest BCUT2D eigenvalue weighted by Crippen LogP contribution is 2.52. The fraction of sp³-hybridized carbons (Fsp3) is 0.0577. The fourth-order valence-corrected chi connectivity index (χ4v) is 21.1. The van der Waals surface area contributed by atoms with Crippen molar-refractivity contribution in [1.82, 2.24) is 18.3 Å². The maximum atomic E-state index is 2.48. The van der Waals surface area contributed by atoms with E-state index in [9.17, 15) is 0 Å². The average Bonchev–Trinajstić information content (AvgIpc) is 1.56. The predicted molar refractivity (Wildman–Crippen MR) is 476 cm³/mol. The Hall–Kier alpha value is -13.1. The van der Waals surface area contributed by atoms with E-state index in [1.807, 2.05) is 0 Å². The third kappa shape index (κ3) is 9.75. The number of fused-ring (bicyclic) bond motifs is 18. The zero-order valence-electron chi connectivity index (χ0n) is 62.3. The van der Waals surface area contributed by atoms with Crippen molar-refractivity contribution in [2.45, 2.75) is 39.3 Å². The van der Waals surface area contributed by atoms with E-state index in [0.717, 1.165) is 5.69 Å². The van der Waals surface area contributed by atoms with E-state index in [0.29, 0.717) is 0 Å². The molecule has 0 atom stereocenters. The molecule has 2 aliphatic carbocycles. The smallest absolute Gasteiger partial charge is 0.0775 e. The summed E-state index contributed by atoms with van der Waals surface area (Å²) in [5.74, 6) is 0. The van der Waals surface area contributed by atoms with Gasteiger partial charge in [0.15, 0.2) is 0 Å². The van der Waals surface area contributed by atoms with Crippen molar-refractivity contribution >= 4 is 135 Å². The van der Waals surface area contributed by atoms with Gasteiger partial charge in [-0.25, -0.2) is 0 Å². The molecule has 0 saturated heterocycles. The van der Waals surface area contributed by atoms with Gasteiger partial charge in [-0.1, -0.05) is 286 Å². The SMILES string of the molecule is C[Si](C)(C)c1ccc(-n2c3ccccc3c3cc(-c4ccc5c(c4)c4ccccc4n5-c4ccc5c6c(cccc46)-c4ccccc4-5)ccc32)cc1.C[Si](C)(C)c1ccc(-n2c3ccccc3c3cc(-c4ccc5c(c4)c4ccccc4n5-c4cccc(-c5ccc6c7c(cccc57)-c5ccccc5-6)c4)ccc32)cc1. The zero-order chi connectivity index (χ0) is 73.4. The predicted octanol–water partition coefficient (Wildman–Crippen LogP) is 27.5. The molecular weight excluding hydrogens is 1360 g/mol. The molecular formula is C104H76N4Si2. The van der Waals surface area contributed by atoms with Gasteiger partial charge in [0.2, 0.25) is 0 Å². The van der Waals surface area contributed by atoms with Gasteiger partial charge in [-0.05, 0) is 209 Å². The van der Waals surface area contributed by atoms with E-state index in [2.05, 4.69) is 409 Å². The molecule has 110 heavy (non-hydrogen) atoms. The molecule has 21 aromatic rings. The first-order valence-electron chi connectivity index (χ1n) is 38.6. The van der Waals surface area contributed by atoms with Crippen LogP contribution in [-0.2, 0) is 0 Å². The van der Waals surface area contributed by atoms with E-state index < -0.39 is 16.1 Å². The highest BCUT2D eigenvalue weighted by Gasteiger charge is 2.28. The highest BCUT2D eigenvalue weighted by atomic mass is 28.3. The molecule has 0 aliphatic heterocycles. The van der Waals surface area contributed by atoms with Gasteiger partial charge < -0.3 is 18.3 Å². The summed E-state index contributed by atoms with van der Waals surface area (Å²) in [5, 5.41) is 18.4. The minimum Gasteiger partial charge on any atom is -0.309 e. The number of rotatable bonds is 9. The zero-order valence-corrected chi connectivity index (χ0v) is 64.3. The van der Waals surface area contributed by atoms with E-state index >= 15 is 0 Å². The number of benzene rings is 17. The van der Waals surface area contributed by atoms with Crippen LogP contribution >= 0.6 is 0 Å². The molecule has 2 aliphatic rings. The second-order valence-electron chi connectivity index (χ2n) is 32.3. The van der Waals surface area contributed by atoms with Crippen molar-refractivity contribution in [3.8, 4) is 101 Å². The molecule has 0 fully saturated rings. The minimum absolute atomic E-state index is 1.16. The Bertz CT molecular complexity index is 7410. The summed E-state index contributed by atoms with van der Waals surface area (Å²) in [6.07, 6.45) is 0. The van der Waals surface area contributed by atoms with Crippen molar-refractivity contribution in [2.24, 2.45) is 0 Å². The van der Waals surface area contributed by atoms with E-state index in [1.54, 1.807) is 0 Å². The standard InChI is InChI=1S/C55H40N2Si.C49H36N2Si/c1-58(2,3)40-26-24-38(25-27-40)56-51-20-8-6-16-44(51)49-33-35(22-30-53(49)56)36-23-31-54-50(34-36)45-17-7-9-21-52(45)57(54)39-13-10-12-37(32-39)41-28-29-48-43-15-5-4-14-42(43)47-19-11-18-46(41)55(47)48;1-52(2,3)34-23-21-33(22-24-34)50-44-17-8-6-13-37(44)42-29-31(19-26-47(42)50)32-20-27-48-43(30-32)38-14-7-9-18-45(38)51(48)46-28-25-40-36-12-5-4-11-35(36)39-15-10-16-41(46)49(39)40/h4-34H,1-3H3;4-30H,1-3H3. The maximum Gasteiger partial charge on any atom is 0.0775 e. The molecule has 0 unspecified atom stereocenters. The molecule has 520 valence electrons. The summed E-state index contributed by atoms with van der Waals surface area (Å²) in [5.41, 5.74) is 32.6. The lowest BCUT2D eigenvalue weighted by molar-refractivity contribution is 1.18. The third-order valence-electron chi connectivity index (χ3n) is 24.1. The van der Waals surface area contributed by atoms with Gasteiger partial charge in [0, 0.05) is 65.5 Å². The van der Waals surface area contributed by atoms with Crippen molar-refractivity contribution in [1.29, 1.82) is 0 Å². The van der Waals surface area contributed by atoms with Crippen LogP contribution in [0.3, 0.4) is 0 Å². The fourth-order valence-electron chi connectivity index (χ4n) is 18.8. The van der Waals surface area contributed by atoms with E-state index in [4.69, 9.17) is 0 Å². The Morgan fingerprint density at radius 1 is 0.173 bits per heavy atom. The third-order valence-corrected chi connectivity index (χ3v) is 28.2. The quantitative estimate of drug-likeness (QED) is 0.128. The van der Waals surface area contributed by atoms with Crippen LogP contribution in [-0.4, -0.2) is 34.4 Å². The van der Waals surface area contributed by atoms with E-state index in [-0.39, 0.29) is 0 Å². The topological polar surface area (TPSA) is 19.7 Å². The second kappa shape index (κ2) is 24.2. The number of para-hydroxylation sites is 4. The van der Waals surface area contributed by atoms with Crippen LogP contribution in [0.25, 0.3) is 209 Å². The van der Waals surface area contributed by atoms with Gasteiger partial charge >= 0.3 is 0 Å². The lowest BCUT2D eigenvalue weighted by atomic mass is 9.94. The molecule has 23 rings (SSSR count). The first-order valence-corrected chi connectivity index (χ1v) is 45.6. The molecule has 4 nitrogen and oxygen atoms in total. The molecule has 4 aromatic heterocycles. The number of hydrogen-bond donors (Lipinski definition) is 0. The van der Waals surface area contributed by atoms with Crippen LogP contribution in [0.5, 0.6) is 0 Å². The second-order valence-corrected chi connectivity index (χ2v) is 42.5. The molecule has 0 saturated carbocycles. The van der Waals surface area contributed by atoms with Crippen molar-refractivity contribution < 1.29 is 0 Å². The first kappa shape index (κ1) is 64.1. The molecule has 0 spiro atoms. The summed E-state index contributed by atoms with van der Waals surface area (Å²) in [7, 11) is -2.78. The largest absolute Gasteiger partial charge is 0.309 e. The highest BCUT2D eigenvalue weighted by molar-refractivity contribution is 6.89. The summed E-state index contributed by atoms with van der Waals surface area (Å²) in [6.45, 7) is 14.5. The van der Waals surface area contributed by atoms with Crippen molar-refractivity contribution in [3.05, 3.63) is 352 Å². The van der Waals surface area contributed by atoms with Crippen LogP contribution in [0.1, 0.15) is 0 Å². The molecule has 0 bridgehead atoms. The Morgan fingerprint density at radius 2 is 0.473 bits per heavy atom. The van der Waals surface area contributed by atoms with Gasteiger partial charge in [-0.2, -0.15) is 0 Å². The molecule has 0 amide bonds. The molecule has 0 N–H and O–H groups in total. The lowest BCUT2D eigenvalue weighted by Crippen LogP contribution is -2.37. The molecule has 17 aromatic carbocycles. The normalized spacial score (nSPS) is 12.5. The van der Waals surface area contributed by atoms with Crippen LogP contribution < -0.4 is 10.4 Å². The summed E-state index contributed by atoms with van der Waals surface area (Å²) < 4.78 is 9.77. The summed E-state index contributed by atoms with van der Waals surface area (Å²) >= 11 is 0. The van der Waals surface area contributed by atoms with Gasteiger partial charge in [0.05, 0.1) is 66.0 Å². The number of hydrogen-bond acceptors (Lipinski definition) is 0. The van der Waals surface area contributed by atoms with E-state index in [1.165, 1.54) is 214 Å². The van der Waals surface area contributed by atoms with Gasteiger partial charge in [-0.15, -0.1) is 0 Å². The van der Waals surface area contributed by atoms with Crippen molar-refractivity contribution in [3.63, 3.8) is 0 Å². The molecule has 0 radical (unpaired) electrons. The minimum atomic E-state index is -1.40. The Kier molecular flexibility index (Phi) is 14.1.